The van der Waals surface area contributed by atoms with Crippen LogP contribution < -0.4 is 0 Å². The Kier molecular flexibility index (Phi) is 4.12. The van der Waals surface area contributed by atoms with Crippen molar-refractivity contribution in [2.75, 3.05) is 20.1 Å². The fourth-order valence-corrected chi connectivity index (χ4v) is 4.01. The van der Waals surface area contributed by atoms with Crippen molar-refractivity contribution in [3.05, 3.63) is 11.8 Å². The van der Waals surface area contributed by atoms with Gasteiger partial charge in [0.05, 0.1) is 5.66 Å². The number of hydrogen-bond donors (Lipinski definition) is 0. The van der Waals surface area contributed by atoms with Crippen LogP contribution in [0.25, 0.3) is 0 Å². The van der Waals surface area contributed by atoms with Crippen molar-refractivity contribution in [3.63, 3.8) is 0 Å². The molecule has 0 amide bonds. The summed E-state index contributed by atoms with van der Waals surface area (Å²) < 4.78 is 10.4. The predicted octanol–water partition coefficient (Wildman–Crippen LogP) is 2.00. The summed E-state index contributed by atoms with van der Waals surface area (Å²) in [5, 5.41) is 0. The van der Waals surface area contributed by atoms with Crippen LogP contribution in [0.2, 0.25) is 0 Å². The third-order valence-corrected chi connectivity index (χ3v) is 5.19. The highest BCUT2D eigenvalue weighted by molar-refractivity contribution is 6.15. The van der Waals surface area contributed by atoms with Crippen LogP contribution in [0.4, 0.5) is 0 Å². The molecule has 0 aromatic carbocycles. The molecule has 1 spiro atoms. The molecule has 1 saturated carbocycles. The maximum atomic E-state index is 12.2. The lowest BCUT2D eigenvalue weighted by Crippen LogP contribution is -2.62. The molecule has 0 bridgehead atoms. The van der Waals surface area contributed by atoms with Gasteiger partial charge in [-0.1, -0.05) is 6.42 Å². The molecule has 0 atom stereocenters. The highest BCUT2D eigenvalue weighted by Gasteiger charge is 2.45. The van der Waals surface area contributed by atoms with Crippen LogP contribution in [-0.2, 0) is 19.1 Å². The van der Waals surface area contributed by atoms with E-state index in [1.54, 1.807) is 20.0 Å². The third kappa shape index (κ3) is 2.96. The van der Waals surface area contributed by atoms with Gasteiger partial charge in [0.15, 0.2) is 5.57 Å². The van der Waals surface area contributed by atoms with Gasteiger partial charge in [-0.2, -0.15) is 0 Å². The smallest absolute Gasteiger partial charge is 0.350 e. The second kappa shape index (κ2) is 5.82. The topological polar surface area (TPSA) is 59.1 Å². The monoisotopic (exact) mass is 322 g/mol. The van der Waals surface area contributed by atoms with Crippen molar-refractivity contribution in [2.24, 2.45) is 0 Å². The fraction of sp³-hybridized carbons (Fsp3) is 0.765. The van der Waals surface area contributed by atoms with E-state index in [-0.39, 0.29) is 11.2 Å². The van der Waals surface area contributed by atoms with Crippen molar-refractivity contribution in [3.8, 4) is 0 Å². The van der Waals surface area contributed by atoms with E-state index in [0.717, 1.165) is 32.4 Å². The van der Waals surface area contributed by atoms with Gasteiger partial charge in [-0.25, -0.2) is 9.59 Å². The third-order valence-electron chi connectivity index (χ3n) is 5.19. The van der Waals surface area contributed by atoms with Crippen LogP contribution >= 0.6 is 0 Å². The Hall–Kier alpha value is -1.56. The second-order valence-corrected chi connectivity index (χ2v) is 7.23. The maximum Gasteiger partial charge on any atom is 0.350 e. The maximum absolute atomic E-state index is 12.2. The summed E-state index contributed by atoms with van der Waals surface area (Å²) in [6, 6.07) is 0. The lowest BCUT2D eigenvalue weighted by molar-refractivity contribution is -0.222. The van der Waals surface area contributed by atoms with Gasteiger partial charge in [0.25, 0.3) is 5.79 Å². The van der Waals surface area contributed by atoms with Gasteiger partial charge in [0.1, 0.15) is 0 Å². The predicted molar refractivity (Wildman–Crippen MR) is 84.1 cm³/mol. The highest BCUT2D eigenvalue weighted by Crippen LogP contribution is 2.39. The van der Waals surface area contributed by atoms with Gasteiger partial charge in [0, 0.05) is 33.1 Å². The Balaban J connectivity index is 1.89. The van der Waals surface area contributed by atoms with E-state index < -0.39 is 17.7 Å². The molecule has 0 radical (unpaired) electrons. The molecule has 0 unspecified atom stereocenters. The summed E-state index contributed by atoms with van der Waals surface area (Å²) in [7, 11) is 2.14. The Morgan fingerprint density at radius 1 is 0.957 bits per heavy atom. The molecule has 1 aliphatic carbocycles. The molecule has 0 N–H and O–H groups in total. The van der Waals surface area contributed by atoms with Gasteiger partial charge in [-0.15, -0.1) is 0 Å². The first-order chi connectivity index (χ1) is 10.8. The van der Waals surface area contributed by atoms with Crippen molar-refractivity contribution in [1.82, 2.24) is 9.80 Å². The van der Waals surface area contributed by atoms with Crippen molar-refractivity contribution in [2.45, 2.75) is 63.8 Å². The lowest BCUT2D eigenvalue weighted by Gasteiger charge is -2.55. The Bertz CT molecular complexity index is 513. The highest BCUT2D eigenvalue weighted by atomic mass is 16.7. The summed E-state index contributed by atoms with van der Waals surface area (Å²) in [5.41, 5.74) is -0.0821. The summed E-state index contributed by atoms with van der Waals surface area (Å²) in [6.07, 6.45) is 8.40. The van der Waals surface area contributed by atoms with E-state index in [4.69, 9.17) is 9.47 Å². The molecule has 2 aliphatic heterocycles. The first kappa shape index (κ1) is 16.3. The zero-order valence-corrected chi connectivity index (χ0v) is 14.3. The zero-order valence-electron chi connectivity index (χ0n) is 14.3. The number of esters is 2. The number of carbonyl (C=O) groups is 2. The van der Waals surface area contributed by atoms with Gasteiger partial charge in [0.2, 0.25) is 0 Å². The Morgan fingerprint density at radius 2 is 1.57 bits per heavy atom. The average molecular weight is 322 g/mol. The second-order valence-electron chi connectivity index (χ2n) is 7.23. The molecule has 6 nitrogen and oxygen atoms in total. The van der Waals surface area contributed by atoms with Crippen LogP contribution in [0.1, 0.15) is 52.4 Å². The molecule has 3 aliphatic rings. The minimum absolute atomic E-state index is 0.00423. The lowest BCUT2D eigenvalue weighted by atomic mass is 9.84. The summed E-state index contributed by atoms with van der Waals surface area (Å²) in [6.45, 7) is 5.02. The molecule has 2 saturated heterocycles. The molecule has 3 fully saturated rings. The molecule has 6 heteroatoms. The number of ether oxygens (including phenoxy) is 2. The van der Waals surface area contributed by atoms with Crippen LogP contribution in [0.15, 0.2) is 11.8 Å². The van der Waals surface area contributed by atoms with E-state index >= 15 is 0 Å². The number of nitrogens with zero attached hydrogens (tertiary/aromatic N) is 2. The van der Waals surface area contributed by atoms with Crippen molar-refractivity contribution < 1.29 is 19.1 Å². The van der Waals surface area contributed by atoms with E-state index in [0.29, 0.717) is 0 Å². The zero-order chi connectivity index (χ0) is 16.7. The largest absolute Gasteiger partial charge is 0.419 e. The van der Waals surface area contributed by atoms with E-state index in [2.05, 4.69) is 16.8 Å². The van der Waals surface area contributed by atoms with E-state index in [9.17, 15) is 9.59 Å². The SMILES string of the molecule is CN1CCCN(C=C2C(=O)OC(C)(C)OC2=O)C12CCCCC2. The van der Waals surface area contributed by atoms with Gasteiger partial charge in [-0.3, -0.25) is 4.90 Å². The summed E-state index contributed by atoms with van der Waals surface area (Å²) in [5.74, 6) is -2.37. The molecule has 128 valence electrons. The molecule has 2 heterocycles. The molecular weight excluding hydrogens is 296 g/mol. The quantitative estimate of drug-likeness (QED) is 0.418. The number of carbonyl (C=O) groups excluding carboxylic acids is 2. The van der Waals surface area contributed by atoms with E-state index in [1.807, 2.05) is 0 Å². The minimum Gasteiger partial charge on any atom is -0.419 e. The van der Waals surface area contributed by atoms with E-state index in [1.165, 1.54) is 19.3 Å². The van der Waals surface area contributed by atoms with Gasteiger partial charge >= 0.3 is 11.9 Å². The Morgan fingerprint density at radius 3 is 2.17 bits per heavy atom. The molecule has 0 aromatic heterocycles. The summed E-state index contributed by atoms with van der Waals surface area (Å²) >= 11 is 0. The number of hydrogen-bond acceptors (Lipinski definition) is 6. The van der Waals surface area contributed by atoms with Crippen molar-refractivity contribution >= 4 is 11.9 Å². The normalized spacial score (nSPS) is 27.6. The number of rotatable bonds is 1. The molecule has 3 rings (SSSR count). The van der Waals surface area contributed by atoms with Crippen LogP contribution in [0.5, 0.6) is 0 Å². The molecule has 23 heavy (non-hydrogen) atoms. The minimum atomic E-state index is -1.19. The Labute approximate surface area is 137 Å². The van der Waals surface area contributed by atoms with Crippen LogP contribution in [-0.4, -0.2) is 53.3 Å². The standard InChI is InChI=1S/C17H26N2O4/c1-16(2)22-14(20)13(15(21)23-16)12-19-11-7-10-18(3)17(19)8-5-4-6-9-17/h12H,4-11H2,1-3H3. The fourth-order valence-electron chi connectivity index (χ4n) is 4.01. The average Bonchev–Trinajstić information content (AvgIpc) is 2.47. The van der Waals surface area contributed by atoms with Crippen LogP contribution in [0.3, 0.4) is 0 Å². The van der Waals surface area contributed by atoms with Crippen LogP contribution in [0, 0.1) is 0 Å². The van der Waals surface area contributed by atoms with Crippen molar-refractivity contribution in [1.29, 1.82) is 0 Å². The molecular formula is C17H26N2O4. The first-order valence-electron chi connectivity index (χ1n) is 8.51. The number of cyclic esters (lactones) is 2. The van der Waals surface area contributed by atoms with Gasteiger partial charge < -0.3 is 14.4 Å². The summed E-state index contributed by atoms with van der Waals surface area (Å²) in [4.78, 5) is 29.0. The van der Waals surface area contributed by atoms with Gasteiger partial charge in [-0.05, 0) is 39.2 Å². The first-order valence-corrected chi connectivity index (χ1v) is 8.51. The molecule has 0 aromatic rings.